The minimum Gasteiger partial charge on any atom is -0.486 e. The van der Waals surface area contributed by atoms with Crippen LogP contribution in [0, 0.1) is 0 Å². The number of benzene rings is 1. The van der Waals surface area contributed by atoms with Crippen LogP contribution in [-0.2, 0) is 6.61 Å². The van der Waals surface area contributed by atoms with Crippen molar-refractivity contribution in [3.8, 4) is 5.75 Å². The molecule has 0 fully saturated rings. The lowest BCUT2D eigenvalue weighted by atomic mass is 9.89. The highest BCUT2D eigenvalue weighted by Crippen LogP contribution is 2.33. The van der Waals surface area contributed by atoms with Crippen molar-refractivity contribution in [3.05, 3.63) is 58.9 Å². The topological polar surface area (TPSA) is 22.1 Å². The average Bonchev–Trinajstić information content (AvgIpc) is 2.64. The molecule has 25 heavy (non-hydrogen) atoms. The fraction of sp³-hybridized carbons (Fsp3) is 0.500. The monoisotopic (exact) mass is 359 g/mol. The van der Waals surface area contributed by atoms with Crippen molar-refractivity contribution in [2.75, 3.05) is 0 Å². The van der Waals surface area contributed by atoms with Crippen LogP contribution in [0.25, 0.3) is 0 Å². The highest BCUT2D eigenvalue weighted by molar-refractivity contribution is 6.32. The predicted molar refractivity (Wildman–Crippen MR) is 106 cm³/mol. The molecule has 1 atom stereocenters. The highest BCUT2D eigenvalue weighted by atomic mass is 35.5. The number of aromatic nitrogens is 1. The quantitative estimate of drug-likeness (QED) is 0.397. The molecule has 0 amide bonds. The summed E-state index contributed by atoms with van der Waals surface area (Å²) >= 11 is 6.49. The van der Waals surface area contributed by atoms with Gasteiger partial charge in [-0.15, -0.1) is 0 Å². The van der Waals surface area contributed by atoms with Crippen LogP contribution >= 0.6 is 11.6 Å². The molecule has 3 heteroatoms. The summed E-state index contributed by atoms with van der Waals surface area (Å²) in [6.45, 7) is 4.95. The second kappa shape index (κ2) is 11.1. The standard InChI is InChI=1S/C22H30ClNO/c1-3-5-7-11-18(10-6-4-2)19-13-14-22(21(23)16-19)25-17-20-12-8-9-15-24-20/h8-9,12-16,18H,3-7,10-11,17H2,1-2H3. The molecule has 0 N–H and O–H groups in total. The summed E-state index contributed by atoms with van der Waals surface area (Å²) in [5, 5.41) is 0.699. The summed E-state index contributed by atoms with van der Waals surface area (Å²) in [6, 6.07) is 12.1. The molecule has 1 unspecified atom stereocenters. The van der Waals surface area contributed by atoms with Crippen molar-refractivity contribution in [1.82, 2.24) is 4.98 Å². The number of unbranched alkanes of at least 4 members (excludes halogenated alkanes) is 3. The lowest BCUT2D eigenvalue weighted by molar-refractivity contribution is 0.301. The number of hydrogen-bond acceptors (Lipinski definition) is 2. The van der Waals surface area contributed by atoms with Crippen molar-refractivity contribution in [2.24, 2.45) is 0 Å². The lowest BCUT2D eigenvalue weighted by Crippen LogP contribution is -2.01. The van der Waals surface area contributed by atoms with Crippen LogP contribution < -0.4 is 4.74 Å². The molecule has 0 saturated carbocycles. The molecule has 136 valence electrons. The Kier molecular flexibility index (Phi) is 8.82. The van der Waals surface area contributed by atoms with E-state index in [2.05, 4.69) is 31.0 Å². The zero-order valence-electron chi connectivity index (χ0n) is 15.5. The van der Waals surface area contributed by atoms with Crippen LogP contribution in [0.15, 0.2) is 42.6 Å². The molecule has 0 radical (unpaired) electrons. The molecule has 0 aliphatic heterocycles. The second-order valence-corrected chi connectivity index (χ2v) is 7.04. The molecule has 1 heterocycles. The normalized spacial score (nSPS) is 12.1. The Bertz CT molecular complexity index is 615. The number of hydrogen-bond donors (Lipinski definition) is 0. The van der Waals surface area contributed by atoms with Gasteiger partial charge in [-0.05, 0) is 48.6 Å². The molecule has 2 rings (SSSR count). The van der Waals surface area contributed by atoms with Gasteiger partial charge in [-0.2, -0.15) is 0 Å². The number of halogens is 1. The summed E-state index contributed by atoms with van der Waals surface area (Å²) < 4.78 is 5.84. The number of rotatable bonds is 11. The number of pyridine rings is 1. The van der Waals surface area contributed by atoms with Gasteiger partial charge in [0.15, 0.2) is 0 Å². The Hall–Kier alpha value is -1.54. The molecular weight excluding hydrogens is 330 g/mol. The van der Waals surface area contributed by atoms with Crippen molar-refractivity contribution in [2.45, 2.75) is 71.3 Å². The summed E-state index contributed by atoms with van der Waals surface area (Å²) in [6.07, 6.45) is 10.6. The van der Waals surface area contributed by atoms with E-state index in [9.17, 15) is 0 Å². The van der Waals surface area contributed by atoms with E-state index in [1.165, 1.54) is 50.5 Å². The fourth-order valence-corrected chi connectivity index (χ4v) is 3.34. The zero-order valence-corrected chi connectivity index (χ0v) is 16.3. The van der Waals surface area contributed by atoms with E-state index in [-0.39, 0.29) is 0 Å². The van der Waals surface area contributed by atoms with Crippen LogP contribution in [0.3, 0.4) is 0 Å². The summed E-state index contributed by atoms with van der Waals surface area (Å²) in [5.74, 6) is 1.34. The van der Waals surface area contributed by atoms with Crippen LogP contribution in [0.1, 0.15) is 76.0 Å². The Balaban J connectivity index is 2.01. The van der Waals surface area contributed by atoms with Crippen molar-refractivity contribution < 1.29 is 4.74 Å². The summed E-state index contributed by atoms with van der Waals surface area (Å²) in [7, 11) is 0. The molecule has 0 aliphatic carbocycles. The van der Waals surface area contributed by atoms with E-state index in [1.54, 1.807) is 6.20 Å². The number of nitrogens with zero attached hydrogens (tertiary/aromatic N) is 1. The first-order valence-electron chi connectivity index (χ1n) is 9.56. The highest BCUT2D eigenvalue weighted by Gasteiger charge is 2.13. The average molecular weight is 360 g/mol. The molecule has 0 saturated heterocycles. The first kappa shape index (κ1) is 19.8. The third-order valence-corrected chi connectivity index (χ3v) is 4.89. The van der Waals surface area contributed by atoms with Gasteiger partial charge >= 0.3 is 0 Å². The van der Waals surface area contributed by atoms with Gasteiger partial charge in [-0.25, -0.2) is 0 Å². The largest absolute Gasteiger partial charge is 0.486 e. The van der Waals surface area contributed by atoms with Crippen LogP contribution in [0.5, 0.6) is 5.75 Å². The maximum atomic E-state index is 6.49. The Morgan fingerprint density at radius 2 is 1.80 bits per heavy atom. The molecule has 2 aromatic rings. The third kappa shape index (κ3) is 6.70. The second-order valence-electron chi connectivity index (χ2n) is 6.63. The molecule has 0 spiro atoms. The van der Waals surface area contributed by atoms with Crippen LogP contribution in [0.4, 0.5) is 0 Å². The van der Waals surface area contributed by atoms with Crippen LogP contribution in [0.2, 0.25) is 5.02 Å². The summed E-state index contributed by atoms with van der Waals surface area (Å²) in [4.78, 5) is 4.28. The van der Waals surface area contributed by atoms with Crippen LogP contribution in [-0.4, -0.2) is 4.98 Å². The van der Waals surface area contributed by atoms with Gasteiger partial charge in [-0.1, -0.05) is 69.7 Å². The first-order valence-corrected chi connectivity index (χ1v) is 9.94. The fourth-order valence-electron chi connectivity index (χ4n) is 3.09. The van der Waals surface area contributed by atoms with Crippen molar-refractivity contribution >= 4 is 11.6 Å². The van der Waals surface area contributed by atoms with Gasteiger partial charge in [0.05, 0.1) is 10.7 Å². The van der Waals surface area contributed by atoms with E-state index in [4.69, 9.17) is 16.3 Å². The molecule has 1 aromatic heterocycles. The summed E-state index contributed by atoms with van der Waals surface area (Å²) in [5.41, 5.74) is 2.25. The molecule has 0 bridgehead atoms. The Labute approximate surface area is 157 Å². The first-order chi connectivity index (χ1) is 12.2. The van der Waals surface area contributed by atoms with Gasteiger partial charge in [0.25, 0.3) is 0 Å². The lowest BCUT2D eigenvalue weighted by Gasteiger charge is -2.18. The maximum Gasteiger partial charge on any atom is 0.138 e. The van der Waals surface area contributed by atoms with Gasteiger partial charge in [0.2, 0.25) is 0 Å². The molecule has 1 aromatic carbocycles. The predicted octanol–water partition coefficient (Wildman–Crippen LogP) is 7.17. The number of ether oxygens (including phenoxy) is 1. The van der Waals surface area contributed by atoms with Crippen molar-refractivity contribution in [1.29, 1.82) is 0 Å². The molecule has 2 nitrogen and oxygen atoms in total. The molecular formula is C22H30ClNO. The smallest absolute Gasteiger partial charge is 0.138 e. The third-order valence-electron chi connectivity index (χ3n) is 4.59. The van der Waals surface area contributed by atoms with Crippen molar-refractivity contribution in [3.63, 3.8) is 0 Å². The van der Waals surface area contributed by atoms with E-state index in [1.807, 2.05) is 24.3 Å². The SMILES string of the molecule is CCCCCC(CCCC)c1ccc(OCc2ccccn2)c(Cl)c1. The maximum absolute atomic E-state index is 6.49. The minimum atomic E-state index is 0.440. The van der Waals surface area contributed by atoms with E-state index in [0.717, 1.165) is 11.4 Å². The van der Waals surface area contributed by atoms with E-state index >= 15 is 0 Å². The minimum absolute atomic E-state index is 0.440. The van der Waals surface area contributed by atoms with Gasteiger partial charge in [-0.3, -0.25) is 4.98 Å². The van der Waals surface area contributed by atoms with E-state index < -0.39 is 0 Å². The molecule has 0 aliphatic rings. The van der Waals surface area contributed by atoms with Gasteiger partial charge in [0.1, 0.15) is 12.4 Å². The Morgan fingerprint density at radius 1 is 1.00 bits per heavy atom. The Morgan fingerprint density at radius 3 is 2.48 bits per heavy atom. The van der Waals surface area contributed by atoms with Gasteiger partial charge in [0, 0.05) is 6.20 Å². The van der Waals surface area contributed by atoms with Gasteiger partial charge < -0.3 is 4.74 Å². The zero-order chi connectivity index (χ0) is 17.9. The van der Waals surface area contributed by atoms with E-state index in [0.29, 0.717) is 17.5 Å².